The van der Waals surface area contributed by atoms with Crippen LogP contribution in [0.4, 0.5) is 0 Å². The highest BCUT2D eigenvalue weighted by Gasteiger charge is 2.37. The van der Waals surface area contributed by atoms with Gasteiger partial charge in [-0.25, -0.2) is 0 Å². The zero-order chi connectivity index (χ0) is 14.9. The monoisotopic (exact) mass is 283 g/mol. The lowest BCUT2D eigenvalue weighted by atomic mass is 9.86. The molecule has 3 rings (SSSR count). The number of likely N-dealkylation sites (tertiary alicyclic amines) is 1. The van der Waals surface area contributed by atoms with Crippen molar-refractivity contribution in [2.24, 2.45) is 0 Å². The molecule has 0 saturated carbocycles. The van der Waals surface area contributed by atoms with Crippen molar-refractivity contribution in [3.8, 4) is 0 Å². The molecule has 0 amide bonds. The second-order valence-electron chi connectivity index (χ2n) is 6.49. The Balaban J connectivity index is 2.05. The molecule has 1 aromatic carbocycles. The molecule has 112 valence electrons. The summed E-state index contributed by atoms with van der Waals surface area (Å²) in [6.07, 6.45) is 4.52. The quantitative estimate of drug-likeness (QED) is 0.932. The van der Waals surface area contributed by atoms with E-state index in [-0.39, 0.29) is 11.6 Å². The number of pyridine rings is 1. The molecule has 1 aliphatic heterocycles. The summed E-state index contributed by atoms with van der Waals surface area (Å²) in [6, 6.07) is 10.9. The molecule has 1 unspecified atom stereocenters. The second-order valence-corrected chi connectivity index (χ2v) is 6.49. The molecule has 1 saturated heterocycles. The Labute approximate surface area is 127 Å². The number of fused-ring (bicyclic) bond motifs is 1. The zero-order valence-electron chi connectivity index (χ0n) is 13.3. The normalized spacial score (nSPS) is 18.2. The minimum absolute atomic E-state index is 0.0804. The van der Waals surface area contributed by atoms with E-state index in [2.05, 4.69) is 60.4 Å². The van der Waals surface area contributed by atoms with E-state index in [4.69, 9.17) is 0 Å². The Bertz CT molecular complexity index is 609. The number of rotatable bonds is 4. The zero-order valence-corrected chi connectivity index (χ0v) is 13.3. The number of aromatic nitrogens is 1. The molecule has 21 heavy (non-hydrogen) atoms. The Morgan fingerprint density at radius 3 is 2.57 bits per heavy atom. The maximum Gasteiger partial charge on any atom is 0.0750 e. The Morgan fingerprint density at radius 1 is 1.14 bits per heavy atom. The third-order valence-electron chi connectivity index (χ3n) is 4.89. The van der Waals surface area contributed by atoms with Gasteiger partial charge in [-0.15, -0.1) is 0 Å². The van der Waals surface area contributed by atoms with Crippen molar-refractivity contribution in [1.29, 1.82) is 0 Å². The van der Waals surface area contributed by atoms with E-state index in [1.54, 1.807) is 0 Å². The van der Waals surface area contributed by atoms with Gasteiger partial charge in [-0.2, -0.15) is 0 Å². The van der Waals surface area contributed by atoms with Crippen LogP contribution in [-0.2, 0) is 0 Å². The van der Waals surface area contributed by atoms with Gasteiger partial charge in [0.2, 0.25) is 0 Å². The number of benzene rings is 1. The van der Waals surface area contributed by atoms with Gasteiger partial charge in [-0.3, -0.25) is 9.88 Å². The highest BCUT2D eigenvalue weighted by Crippen LogP contribution is 2.35. The maximum atomic E-state index is 4.63. The molecule has 3 nitrogen and oxygen atoms in total. The van der Waals surface area contributed by atoms with Crippen molar-refractivity contribution >= 4 is 10.9 Å². The van der Waals surface area contributed by atoms with E-state index in [0.29, 0.717) is 0 Å². The third kappa shape index (κ3) is 2.56. The molecular weight excluding hydrogens is 258 g/mol. The first-order valence-electron chi connectivity index (χ1n) is 7.90. The predicted molar refractivity (Wildman–Crippen MR) is 88.4 cm³/mol. The number of hydrogen-bond donors (Lipinski definition) is 1. The van der Waals surface area contributed by atoms with Crippen LogP contribution in [0.15, 0.2) is 36.5 Å². The van der Waals surface area contributed by atoms with E-state index in [9.17, 15) is 0 Å². The van der Waals surface area contributed by atoms with Crippen molar-refractivity contribution in [2.75, 3.05) is 20.1 Å². The van der Waals surface area contributed by atoms with Crippen molar-refractivity contribution in [3.63, 3.8) is 0 Å². The summed E-state index contributed by atoms with van der Waals surface area (Å²) in [5.41, 5.74) is 2.50. The predicted octanol–water partition coefficient (Wildman–Crippen LogP) is 3.37. The average Bonchev–Trinajstić information content (AvgIpc) is 3.03. The first kappa shape index (κ1) is 14.5. The second kappa shape index (κ2) is 5.74. The summed E-state index contributed by atoms with van der Waals surface area (Å²) >= 11 is 0. The van der Waals surface area contributed by atoms with Crippen LogP contribution in [-0.4, -0.2) is 35.6 Å². The number of likely N-dealkylation sites (N-methyl/N-ethyl adjacent to an activating group) is 1. The highest BCUT2D eigenvalue weighted by atomic mass is 15.2. The molecule has 0 bridgehead atoms. The van der Waals surface area contributed by atoms with Crippen LogP contribution in [0.2, 0.25) is 0 Å². The average molecular weight is 283 g/mol. The molecule has 1 aromatic heterocycles. The van der Waals surface area contributed by atoms with E-state index in [0.717, 1.165) is 5.52 Å². The van der Waals surface area contributed by atoms with Crippen molar-refractivity contribution < 1.29 is 0 Å². The summed E-state index contributed by atoms with van der Waals surface area (Å²) in [5.74, 6) is 0. The van der Waals surface area contributed by atoms with Gasteiger partial charge in [0, 0.05) is 17.1 Å². The van der Waals surface area contributed by atoms with Crippen molar-refractivity contribution in [3.05, 3.63) is 42.1 Å². The fourth-order valence-electron chi connectivity index (χ4n) is 3.73. The first-order chi connectivity index (χ1) is 10.1. The summed E-state index contributed by atoms with van der Waals surface area (Å²) in [4.78, 5) is 7.24. The Morgan fingerprint density at radius 2 is 1.86 bits per heavy atom. The van der Waals surface area contributed by atoms with Gasteiger partial charge >= 0.3 is 0 Å². The molecule has 2 heterocycles. The highest BCUT2D eigenvalue weighted by molar-refractivity contribution is 5.82. The fraction of sp³-hybridized carbons (Fsp3) is 0.500. The third-order valence-corrected chi connectivity index (χ3v) is 4.89. The van der Waals surface area contributed by atoms with Crippen LogP contribution in [0.25, 0.3) is 10.9 Å². The minimum Gasteiger partial charge on any atom is -0.311 e. The van der Waals surface area contributed by atoms with Gasteiger partial charge in [0.1, 0.15) is 0 Å². The first-order valence-corrected chi connectivity index (χ1v) is 7.90. The maximum absolute atomic E-state index is 4.63. The van der Waals surface area contributed by atoms with E-state index >= 15 is 0 Å². The molecule has 0 radical (unpaired) electrons. The van der Waals surface area contributed by atoms with Gasteiger partial charge in [0.15, 0.2) is 0 Å². The Hall–Kier alpha value is -1.45. The largest absolute Gasteiger partial charge is 0.311 e. The summed E-state index contributed by atoms with van der Waals surface area (Å²) in [7, 11) is 2.06. The SMILES string of the molecule is CNC(c1cccc2cccnc12)C(C)(C)N1CCCC1. The molecule has 3 heteroatoms. The fourth-order valence-corrected chi connectivity index (χ4v) is 3.73. The minimum atomic E-state index is 0.0804. The Kier molecular flexibility index (Phi) is 3.96. The molecule has 1 N–H and O–H groups in total. The van der Waals surface area contributed by atoms with E-state index in [1.807, 2.05) is 12.3 Å². The molecule has 1 atom stereocenters. The van der Waals surface area contributed by atoms with Crippen LogP contribution in [0.1, 0.15) is 38.3 Å². The molecule has 2 aromatic rings. The van der Waals surface area contributed by atoms with E-state index < -0.39 is 0 Å². The van der Waals surface area contributed by atoms with Gasteiger partial charge in [-0.1, -0.05) is 24.3 Å². The smallest absolute Gasteiger partial charge is 0.0750 e. The molecule has 1 fully saturated rings. The molecule has 1 aliphatic rings. The number of nitrogens with one attached hydrogen (secondary N) is 1. The molecular formula is C18H25N3. The van der Waals surface area contributed by atoms with Crippen LogP contribution >= 0.6 is 0 Å². The lowest BCUT2D eigenvalue weighted by Crippen LogP contribution is -2.50. The van der Waals surface area contributed by atoms with Gasteiger partial charge in [-0.05, 0) is 58.5 Å². The van der Waals surface area contributed by atoms with Crippen LogP contribution in [0.3, 0.4) is 0 Å². The summed E-state index contributed by atoms with van der Waals surface area (Å²) < 4.78 is 0. The number of para-hydroxylation sites is 1. The van der Waals surface area contributed by atoms with E-state index in [1.165, 1.54) is 36.9 Å². The van der Waals surface area contributed by atoms with Crippen LogP contribution in [0, 0.1) is 0 Å². The number of nitrogens with zero attached hydrogens (tertiary/aromatic N) is 2. The van der Waals surface area contributed by atoms with Gasteiger partial charge < -0.3 is 5.32 Å². The standard InChI is InChI=1S/C18H25N3/c1-18(2,21-12-4-5-13-21)17(19-3)15-10-6-8-14-9-7-11-20-16(14)15/h6-11,17,19H,4-5,12-13H2,1-3H3. The summed E-state index contributed by atoms with van der Waals surface area (Å²) in [6.45, 7) is 7.09. The number of hydrogen-bond acceptors (Lipinski definition) is 3. The van der Waals surface area contributed by atoms with Crippen LogP contribution < -0.4 is 5.32 Å². The van der Waals surface area contributed by atoms with Crippen LogP contribution in [0.5, 0.6) is 0 Å². The van der Waals surface area contributed by atoms with Gasteiger partial charge in [0.05, 0.1) is 11.6 Å². The van der Waals surface area contributed by atoms with Crippen molar-refractivity contribution in [1.82, 2.24) is 15.2 Å². The lowest BCUT2D eigenvalue weighted by molar-refractivity contribution is 0.111. The topological polar surface area (TPSA) is 28.2 Å². The molecule has 0 spiro atoms. The van der Waals surface area contributed by atoms with Gasteiger partial charge in [0.25, 0.3) is 0 Å². The van der Waals surface area contributed by atoms with Crippen molar-refractivity contribution in [2.45, 2.75) is 38.3 Å². The molecule has 0 aliphatic carbocycles. The summed E-state index contributed by atoms with van der Waals surface area (Å²) in [5, 5.41) is 4.76. The lowest BCUT2D eigenvalue weighted by Gasteiger charge is -2.42.